The van der Waals surface area contributed by atoms with Gasteiger partial charge in [-0.3, -0.25) is 0 Å². The van der Waals surface area contributed by atoms with Crippen LogP contribution in [0.25, 0.3) is 60.6 Å². The molecular weight excluding hydrogens is 494 g/mol. The number of benzene rings is 7. The van der Waals surface area contributed by atoms with Gasteiger partial charge in [0.25, 0.3) is 0 Å². The van der Waals surface area contributed by atoms with Gasteiger partial charge < -0.3 is 4.90 Å². The number of nitrogens with zero attached hydrogens (tertiary/aromatic N) is 1. The van der Waals surface area contributed by atoms with Crippen molar-refractivity contribution < 1.29 is 0 Å². The molecule has 1 heterocycles. The molecule has 1 heteroatoms. The van der Waals surface area contributed by atoms with Gasteiger partial charge in [0.1, 0.15) is 0 Å². The fourth-order valence-electron chi connectivity index (χ4n) is 6.37. The summed E-state index contributed by atoms with van der Waals surface area (Å²) in [7, 11) is 0. The van der Waals surface area contributed by atoms with Crippen LogP contribution in [0.2, 0.25) is 0 Å². The van der Waals surface area contributed by atoms with Crippen LogP contribution < -0.4 is 4.90 Å². The van der Waals surface area contributed by atoms with Crippen molar-refractivity contribution >= 4 is 38.6 Å². The largest absolute Gasteiger partial charge is 0.310 e. The van der Waals surface area contributed by atoms with Gasteiger partial charge in [-0.25, -0.2) is 0 Å². The van der Waals surface area contributed by atoms with E-state index in [0.29, 0.717) is 0 Å². The van der Waals surface area contributed by atoms with E-state index in [1.54, 1.807) is 0 Å². The molecule has 0 radical (unpaired) electrons. The van der Waals surface area contributed by atoms with E-state index < -0.39 is 0 Å². The van der Waals surface area contributed by atoms with Gasteiger partial charge in [0.15, 0.2) is 0 Å². The molecule has 8 rings (SSSR count). The van der Waals surface area contributed by atoms with Gasteiger partial charge in [0.2, 0.25) is 0 Å². The van der Waals surface area contributed by atoms with E-state index in [0.717, 1.165) is 22.6 Å². The number of para-hydroxylation sites is 1. The van der Waals surface area contributed by atoms with Crippen molar-refractivity contribution in [2.24, 2.45) is 0 Å². The number of anilines is 2. The molecule has 0 bridgehead atoms. The SMILES string of the molecule is C=C1c2cccc(-c3ccc4ccc5ccccc5c4c3)c2-c2ccccc2N1c1ccc(-c2ccccc2)cc1. The summed E-state index contributed by atoms with van der Waals surface area (Å²) in [6, 6.07) is 54.6. The van der Waals surface area contributed by atoms with Gasteiger partial charge in [0, 0.05) is 28.1 Å². The summed E-state index contributed by atoms with van der Waals surface area (Å²) in [5, 5.41) is 5.08. The van der Waals surface area contributed by atoms with Crippen LogP contribution in [-0.4, -0.2) is 0 Å². The molecule has 0 fully saturated rings. The fraction of sp³-hybridized carbons (Fsp3) is 0. The van der Waals surface area contributed by atoms with Crippen molar-refractivity contribution in [3.63, 3.8) is 0 Å². The zero-order chi connectivity index (χ0) is 27.3. The highest BCUT2D eigenvalue weighted by atomic mass is 15.2. The van der Waals surface area contributed by atoms with E-state index in [9.17, 15) is 0 Å². The fourth-order valence-corrected chi connectivity index (χ4v) is 6.37. The van der Waals surface area contributed by atoms with Crippen LogP contribution in [0.1, 0.15) is 5.56 Å². The summed E-state index contributed by atoms with van der Waals surface area (Å²) in [5.74, 6) is 0. The highest BCUT2D eigenvalue weighted by Gasteiger charge is 2.28. The van der Waals surface area contributed by atoms with Crippen LogP contribution in [0, 0.1) is 0 Å². The first-order valence-electron chi connectivity index (χ1n) is 14.1. The lowest BCUT2D eigenvalue weighted by molar-refractivity contribution is 1.27. The summed E-state index contributed by atoms with van der Waals surface area (Å²) in [6.07, 6.45) is 0. The van der Waals surface area contributed by atoms with Crippen LogP contribution in [0.4, 0.5) is 11.4 Å². The Morgan fingerprint density at radius 1 is 0.415 bits per heavy atom. The Kier molecular flexibility index (Phi) is 5.36. The van der Waals surface area contributed by atoms with Gasteiger partial charge in [0.05, 0.1) is 5.69 Å². The second kappa shape index (κ2) is 9.36. The van der Waals surface area contributed by atoms with Crippen molar-refractivity contribution in [2.45, 2.75) is 0 Å². The van der Waals surface area contributed by atoms with Crippen LogP contribution in [0.3, 0.4) is 0 Å². The Balaban J connectivity index is 1.28. The number of fused-ring (bicyclic) bond motifs is 6. The number of hydrogen-bond acceptors (Lipinski definition) is 1. The van der Waals surface area contributed by atoms with Crippen LogP contribution in [-0.2, 0) is 0 Å². The lowest BCUT2D eigenvalue weighted by Gasteiger charge is -2.35. The molecule has 41 heavy (non-hydrogen) atoms. The molecule has 0 N–H and O–H groups in total. The third kappa shape index (κ3) is 3.78. The molecule has 192 valence electrons. The molecule has 0 unspecified atom stereocenters. The quantitative estimate of drug-likeness (QED) is 0.209. The van der Waals surface area contributed by atoms with Gasteiger partial charge in [-0.2, -0.15) is 0 Å². The average Bonchev–Trinajstić information content (AvgIpc) is 3.05. The molecule has 1 aliphatic rings. The summed E-state index contributed by atoms with van der Waals surface area (Å²) < 4.78 is 0. The van der Waals surface area contributed by atoms with E-state index in [4.69, 9.17) is 0 Å². The minimum atomic E-state index is 0.985. The predicted octanol–water partition coefficient (Wildman–Crippen LogP) is 11.1. The molecule has 7 aromatic rings. The molecule has 0 aliphatic carbocycles. The molecular formula is C40H27N. The van der Waals surface area contributed by atoms with Crippen LogP contribution >= 0.6 is 0 Å². The molecule has 1 aliphatic heterocycles. The highest BCUT2D eigenvalue weighted by Crippen LogP contribution is 2.50. The maximum Gasteiger partial charge on any atom is 0.0540 e. The maximum absolute atomic E-state index is 4.64. The topological polar surface area (TPSA) is 3.24 Å². The Hall–Kier alpha value is -5.40. The van der Waals surface area contributed by atoms with Crippen LogP contribution in [0.5, 0.6) is 0 Å². The van der Waals surface area contributed by atoms with Crippen LogP contribution in [0.15, 0.2) is 158 Å². The van der Waals surface area contributed by atoms with Crippen molar-refractivity contribution in [3.8, 4) is 33.4 Å². The Bertz CT molecular complexity index is 2100. The Morgan fingerprint density at radius 2 is 1.02 bits per heavy atom. The zero-order valence-corrected chi connectivity index (χ0v) is 22.6. The smallest absolute Gasteiger partial charge is 0.0540 e. The van der Waals surface area contributed by atoms with E-state index in [1.807, 2.05) is 0 Å². The average molecular weight is 522 g/mol. The van der Waals surface area contributed by atoms with E-state index >= 15 is 0 Å². The Labute approximate surface area is 240 Å². The molecule has 0 saturated carbocycles. The summed E-state index contributed by atoms with van der Waals surface area (Å²) >= 11 is 0. The highest BCUT2D eigenvalue weighted by molar-refractivity contribution is 6.11. The molecule has 7 aromatic carbocycles. The first-order valence-corrected chi connectivity index (χ1v) is 14.1. The van der Waals surface area contributed by atoms with Crippen molar-refractivity contribution in [3.05, 3.63) is 164 Å². The molecule has 0 saturated heterocycles. The second-order valence-electron chi connectivity index (χ2n) is 10.7. The summed E-state index contributed by atoms with van der Waals surface area (Å²) in [6.45, 7) is 4.64. The van der Waals surface area contributed by atoms with Gasteiger partial charge >= 0.3 is 0 Å². The van der Waals surface area contributed by atoms with Crippen molar-refractivity contribution in [2.75, 3.05) is 4.90 Å². The Morgan fingerprint density at radius 3 is 1.88 bits per heavy atom. The zero-order valence-electron chi connectivity index (χ0n) is 22.6. The monoisotopic (exact) mass is 521 g/mol. The number of rotatable bonds is 3. The first-order chi connectivity index (χ1) is 20.3. The molecule has 0 amide bonds. The molecule has 0 atom stereocenters. The molecule has 0 spiro atoms. The molecule has 1 nitrogen and oxygen atoms in total. The third-order valence-electron chi connectivity index (χ3n) is 8.35. The van der Waals surface area contributed by atoms with E-state index in [-0.39, 0.29) is 0 Å². The third-order valence-corrected chi connectivity index (χ3v) is 8.35. The predicted molar refractivity (Wildman–Crippen MR) is 175 cm³/mol. The minimum Gasteiger partial charge on any atom is -0.310 e. The second-order valence-corrected chi connectivity index (χ2v) is 10.7. The van der Waals surface area contributed by atoms with Crippen molar-refractivity contribution in [1.29, 1.82) is 0 Å². The van der Waals surface area contributed by atoms with E-state index in [2.05, 4.69) is 163 Å². The summed E-state index contributed by atoms with van der Waals surface area (Å²) in [5.41, 5.74) is 11.7. The maximum atomic E-state index is 4.64. The number of hydrogen-bond donors (Lipinski definition) is 0. The summed E-state index contributed by atoms with van der Waals surface area (Å²) in [4.78, 5) is 2.30. The van der Waals surface area contributed by atoms with Gasteiger partial charge in [-0.1, -0.05) is 134 Å². The van der Waals surface area contributed by atoms with Gasteiger partial charge in [-0.05, 0) is 68.1 Å². The first kappa shape index (κ1) is 23.5. The lowest BCUT2D eigenvalue weighted by Crippen LogP contribution is -2.20. The standard InChI is InChI=1S/C40H27N/c1-27-34-15-9-16-36(32-21-20-31-19-18-30-12-5-6-13-35(30)38(31)26-32)40(34)37-14-7-8-17-39(37)41(27)33-24-22-29(23-25-33)28-10-3-2-4-11-28/h2-26H,1H2. The normalized spacial score (nSPS) is 12.4. The van der Waals surface area contributed by atoms with E-state index in [1.165, 1.54) is 54.9 Å². The molecule has 0 aromatic heterocycles. The van der Waals surface area contributed by atoms with Gasteiger partial charge in [-0.15, -0.1) is 0 Å². The minimum absolute atomic E-state index is 0.985. The van der Waals surface area contributed by atoms with Crippen molar-refractivity contribution in [1.82, 2.24) is 0 Å². The lowest BCUT2D eigenvalue weighted by atomic mass is 9.84.